The maximum absolute atomic E-state index is 11.8. The highest BCUT2D eigenvalue weighted by atomic mass is 16.4. The first-order valence-electron chi connectivity index (χ1n) is 7.08. The largest absolute Gasteiger partial charge is 0.481 e. The fourth-order valence-corrected chi connectivity index (χ4v) is 3.21. The molecular weight excluding hydrogens is 240 g/mol. The summed E-state index contributed by atoms with van der Waals surface area (Å²) in [7, 11) is 0. The number of aliphatic carboxylic acids is 1. The molecule has 0 radical (unpaired) electrons. The molecule has 102 valence electrons. The average Bonchev–Trinajstić information content (AvgIpc) is 3.24. The zero-order valence-electron chi connectivity index (χ0n) is 11.1. The molecule has 4 nitrogen and oxygen atoms in total. The summed E-state index contributed by atoms with van der Waals surface area (Å²) >= 11 is 0. The third-order valence-corrected chi connectivity index (χ3v) is 4.43. The van der Waals surface area contributed by atoms with E-state index in [0.717, 1.165) is 31.5 Å². The minimum atomic E-state index is -0.613. The summed E-state index contributed by atoms with van der Waals surface area (Å²) in [6.45, 7) is 1.59. The zero-order valence-corrected chi connectivity index (χ0v) is 11.1. The molecule has 0 bridgehead atoms. The van der Waals surface area contributed by atoms with E-state index in [1.165, 1.54) is 12.8 Å². The van der Waals surface area contributed by atoms with Crippen molar-refractivity contribution in [3.63, 3.8) is 0 Å². The van der Waals surface area contributed by atoms with Crippen molar-refractivity contribution in [3.05, 3.63) is 24.5 Å². The van der Waals surface area contributed by atoms with Gasteiger partial charge >= 0.3 is 5.97 Å². The van der Waals surface area contributed by atoms with Gasteiger partial charge in [-0.05, 0) is 37.3 Å². The number of carboxylic acid groups (broad SMARTS) is 1. The molecule has 1 saturated heterocycles. The fraction of sp³-hybridized carbons (Fsp3) is 0.600. The van der Waals surface area contributed by atoms with Gasteiger partial charge in [0.25, 0.3) is 0 Å². The highest BCUT2D eigenvalue weighted by molar-refractivity contribution is 5.76. The molecule has 1 aliphatic carbocycles. The van der Waals surface area contributed by atoms with Crippen molar-refractivity contribution in [1.82, 2.24) is 4.98 Å². The van der Waals surface area contributed by atoms with E-state index >= 15 is 0 Å². The van der Waals surface area contributed by atoms with Crippen LogP contribution >= 0.6 is 0 Å². The maximum Gasteiger partial charge on any atom is 0.311 e. The predicted octanol–water partition coefficient (Wildman–Crippen LogP) is 2.55. The molecule has 0 spiro atoms. The Morgan fingerprint density at radius 3 is 2.79 bits per heavy atom. The number of pyridine rings is 1. The van der Waals surface area contributed by atoms with Crippen molar-refractivity contribution in [3.8, 4) is 0 Å². The van der Waals surface area contributed by atoms with E-state index in [-0.39, 0.29) is 0 Å². The van der Waals surface area contributed by atoms with E-state index in [2.05, 4.69) is 9.88 Å². The van der Waals surface area contributed by atoms with E-state index in [0.29, 0.717) is 12.5 Å². The van der Waals surface area contributed by atoms with E-state index < -0.39 is 11.4 Å². The van der Waals surface area contributed by atoms with Crippen LogP contribution in [0.5, 0.6) is 0 Å². The van der Waals surface area contributed by atoms with Crippen molar-refractivity contribution in [2.75, 3.05) is 18.0 Å². The van der Waals surface area contributed by atoms with Gasteiger partial charge in [0.15, 0.2) is 0 Å². The van der Waals surface area contributed by atoms with Crippen molar-refractivity contribution in [2.24, 2.45) is 11.3 Å². The molecule has 1 atom stereocenters. The molecule has 1 aromatic rings. The summed E-state index contributed by atoms with van der Waals surface area (Å²) in [6.07, 6.45) is 8.60. The molecule has 1 N–H and O–H groups in total. The smallest absolute Gasteiger partial charge is 0.311 e. The van der Waals surface area contributed by atoms with Gasteiger partial charge in [-0.15, -0.1) is 0 Å². The van der Waals surface area contributed by atoms with Crippen LogP contribution < -0.4 is 4.90 Å². The first kappa shape index (κ1) is 12.5. The Morgan fingerprint density at radius 1 is 1.42 bits per heavy atom. The number of rotatable bonds is 4. The van der Waals surface area contributed by atoms with Crippen LogP contribution in [0.1, 0.15) is 32.1 Å². The lowest BCUT2D eigenvalue weighted by Gasteiger charge is -2.41. The van der Waals surface area contributed by atoms with Crippen LogP contribution in [-0.4, -0.2) is 29.1 Å². The molecule has 4 heteroatoms. The Morgan fingerprint density at radius 2 is 2.16 bits per heavy atom. The molecule has 2 fully saturated rings. The summed E-state index contributed by atoms with van der Waals surface area (Å²) in [5.74, 6) is 0.0339. The number of hydrogen-bond donors (Lipinski definition) is 1. The van der Waals surface area contributed by atoms with Crippen LogP contribution in [0, 0.1) is 11.3 Å². The second-order valence-corrected chi connectivity index (χ2v) is 5.96. The van der Waals surface area contributed by atoms with Crippen LogP contribution in [0.4, 0.5) is 5.69 Å². The first-order chi connectivity index (χ1) is 9.20. The second-order valence-electron chi connectivity index (χ2n) is 5.96. The van der Waals surface area contributed by atoms with E-state index in [1.54, 1.807) is 12.4 Å². The number of piperidine rings is 1. The summed E-state index contributed by atoms with van der Waals surface area (Å²) in [5, 5.41) is 9.69. The van der Waals surface area contributed by atoms with Gasteiger partial charge in [0.2, 0.25) is 0 Å². The summed E-state index contributed by atoms with van der Waals surface area (Å²) in [6, 6.07) is 3.93. The quantitative estimate of drug-likeness (QED) is 0.904. The Bertz CT molecular complexity index is 458. The van der Waals surface area contributed by atoms with Gasteiger partial charge in [0.1, 0.15) is 0 Å². The standard InChI is InChI=1S/C15H20N2O2/c18-14(19)15(10-12-2-3-12)6-1-9-17(11-15)13-4-7-16-8-5-13/h4-5,7-8,12H,1-3,6,9-11H2,(H,18,19). The number of carboxylic acids is 1. The number of carbonyl (C=O) groups is 1. The highest BCUT2D eigenvalue weighted by Gasteiger charge is 2.45. The topological polar surface area (TPSA) is 53.4 Å². The van der Waals surface area contributed by atoms with Gasteiger partial charge < -0.3 is 10.0 Å². The Hall–Kier alpha value is -1.58. The van der Waals surface area contributed by atoms with Gasteiger partial charge in [-0.1, -0.05) is 12.8 Å². The third-order valence-electron chi connectivity index (χ3n) is 4.43. The van der Waals surface area contributed by atoms with Crippen LogP contribution in [0.3, 0.4) is 0 Å². The van der Waals surface area contributed by atoms with Gasteiger partial charge in [0, 0.05) is 31.2 Å². The molecule has 2 aliphatic rings. The Labute approximate surface area is 113 Å². The lowest BCUT2D eigenvalue weighted by molar-refractivity contribution is -0.150. The van der Waals surface area contributed by atoms with Gasteiger partial charge in [-0.3, -0.25) is 9.78 Å². The number of anilines is 1. The monoisotopic (exact) mass is 260 g/mol. The van der Waals surface area contributed by atoms with Crippen LogP contribution in [0.15, 0.2) is 24.5 Å². The Kier molecular flexibility index (Phi) is 3.17. The fourth-order valence-electron chi connectivity index (χ4n) is 3.21. The van der Waals surface area contributed by atoms with Crippen LogP contribution in [0.2, 0.25) is 0 Å². The third kappa shape index (κ3) is 2.57. The predicted molar refractivity (Wildman–Crippen MR) is 73.1 cm³/mol. The lowest BCUT2D eigenvalue weighted by atomic mass is 9.75. The van der Waals surface area contributed by atoms with Crippen molar-refractivity contribution >= 4 is 11.7 Å². The van der Waals surface area contributed by atoms with Crippen LogP contribution in [-0.2, 0) is 4.79 Å². The van der Waals surface area contributed by atoms with Crippen molar-refractivity contribution in [1.29, 1.82) is 0 Å². The number of hydrogen-bond acceptors (Lipinski definition) is 3. The van der Waals surface area contributed by atoms with Gasteiger partial charge in [-0.2, -0.15) is 0 Å². The van der Waals surface area contributed by atoms with E-state index in [9.17, 15) is 9.90 Å². The van der Waals surface area contributed by atoms with Gasteiger partial charge in [0.05, 0.1) is 5.41 Å². The van der Waals surface area contributed by atoms with Crippen molar-refractivity contribution in [2.45, 2.75) is 32.1 Å². The molecule has 3 rings (SSSR count). The SMILES string of the molecule is O=C(O)C1(CC2CC2)CCCN(c2ccncc2)C1. The van der Waals surface area contributed by atoms with E-state index in [4.69, 9.17) is 0 Å². The number of nitrogens with zero attached hydrogens (tertiary/aromatic N) is 2. The molecule has 19 heavy (non-hydrogen) atoms. The minimum Gasteiger partial charge on any atom is -0.481 e. The number of aromatic nitrogens is 1. The zero-order chi connectivity index (χ0) is 13.3. The first-order valence-corrected chi connectivity index (χ1v) is 7.08. The molecule has 1 unspecified atom stereocenters. The minimum absolute atomic E-state index is 0.539. The maximum atomic E-state index is 11.8. The molecule has 0 aromatic carbocycles. The normalized spacial score (nSPS) is 27.3. The van der Waals surface area contributed by atoms with Crippen LogP contribution in [0.25, 0.3) is 0 Å². The molecule has 0 amide bonds. The summed E-state index contributed by atoms with van der Waals surface area (Å²) in [4.78, 5) is 18.0. The van der Waals surface area contributed by atoms with Crippen molar-refractivity contribution < 1.29 is 9.90 Å². The molecular formula is C15H20N2O2. The lowest BCUT2D eigenvalue weighted by Crippen LogP contribution is -2.48. The summed E-state index contributed by atoms with van der Waals surface area (Å²) in [5.41, 5.74) is 0.555. The molecule has 2 heterocycles. The highest BCUT2D eigenvalue weighted by Crippen LogP contribution is 2.45. The van der Waals surface area contributed by atoms with Gasteiger partial charge in [-0.25, -0.2) is 0 Å². The average molecular weight is 260 g/mol. The summed E-state index contributed by atoms with van der Waals surface area (Å²) < 4.78 is 0. The molecule has 1 aromatic heterocycles. The molecule has 1 aliphatic heterocycles. The Balaban J connectivity index is 1.80. The molecule has 1 saturated carbocycles. The van der Waals surface area contributed by atoms with E-state index in [1.807, 2.05) is 12.1 Å². The second kappa shape index (κ2) is 4.83.